The lowest BCUT2D eigenvalue weighted by molar-refractivity contribution is -0.144. The third-order valence-electron chi connectivity index (χ3n) is 1.68. The van der Waals surface area contributed by atoms with Crippen molar-refractivity contribution < 1.29 is 19.1 Å². The first-order valence-corrected chi connectivity index (χ1v) is 4.28. The topological polar surface area (TPSA) is 89.3 Å². The molecule has 0 aliphatic carbocycles. The highest BCUT2D eigenvalue weighted by atomic mass is 16.6. The van der Waals surface area contributed by atoms with E-state index in [0.29, 0.717) is 0 Å². The number of esters is 2. The lowest BCUT2D eigenvalue weighted by Crippen LogP contribution is -2.16. The highest BCUT2D eigenvalue weighted by Gasteiger charge is 2.14. The fourth-order valence-electron chi connectivity index (χ4n) is 0.920. The summed E-state index contributed by atoms with van der Waals surface area (Å²) in [6, 6.07) is 4.64. The molecule has 6 heteroatoms. The molecule has 16 heavy (non-hydrogen) atoms. The third-order valence-corrected chi connectivity index (χ3v) is 1.68. The van der Waals surface area contributed by atoms with Gasteiger partial charge in [-0.15, -0.1) is 0 Å². The maximum atomic E-state index is 11.4. The van der Waals surface area contributed by atoms with Crippen LogP contribution in [0.1, 0.15) is 16.1 Å². The van der Waals surface area contributed by atoms with Crippen LogP contribution in [-0.2, 0) is 14.3 Å². The van der Waals surface area contributed by atoms with Gasteiger partial charge in [0.25, 0.3) is 0 Å². The average molecular weight is 220 g/mol. The minimum Gasteiger partial charge on any atom is -0.466 e. The van der Waals surface area contributed by atoms with E-state index in [9.17, 15) is 9.59 Å². The Kier molecular flexibility index (Phi) is 3.98. The van der Waals surface area contributed by atoms with E-state index in [1.807, 2.05) is 0 Å². The van der Waals surface area contributed by atoms with Crippen molar-refractivity contribution in [2.45, 2.75) is 0 Å². The summed E-state index contributed by atoms with van der Waals surface area (Å²) in [7, 11) is 1.18. The van der Waals surface area contributed by atoms with Crippen LogP contribution in [0, 0.1) is 11.3 Å². The molecular formula is C10H8N2O4. The predicted molar refractivity (Wildman–Crippen MR) is 51.3 cm³/mol. The van der Waals surface area contributed by atoms with Crippen LogP contribution in [0.3, 0.4) is 0 Å². The highest BCUT2D eigenvalue weighted by Crippen LogP contribution is 2.05. The maximum Gasteiger partial charge on any atom is 0.344 e. The summed E-state index contributed by atoms with van der Waals surface area (Å²) in [5, 5.41) is 8.68. The van der Waals surface area contributed by atoms with E-state index in [0.717, 1.165) is 0 Å². The van der Waals surface area contributed by atoms with Crippen molar-refractivity contribution in [3.63, 3.8) is 0 Å². The van der Waals surface area contributed by atoms with E-state index in [-0.39, 0.29) is 11.3 Å². The van der Waals surface area contributed by atoms with E-state index in [4.69, 9.17) is 5.26 Å². The van der Waals surface area contributed by atoms with Gasteiger partial charge in [0.15, 0.2) is 12.3 Å². The molecule has 0 radical (unpaired) electrons. The van der Waals surface area contributed by atoms with Crippen LogP contribution in [0.4, 0.5) is 0 Å². The van der Waals surface area contributed by atoms with Crippen LogP contribution in [0.15, 0.2) is 18.3 Å². The first kappa shape index (κ1) is 11.7. The average Bonchev–Trinajstić information content (AvgIpc) is 2.35. The molecule has 0 amide bonds. The first-order valence-electron chi connectivity index (χ1n) is 4.28. The Morgan fingerprint density at radius 3 is 2.94 bits per heavy atom. The monoisotopic (exact) mass is 220 g/mol. The van der Waals surface area contributed by atoms with Crippen LogP contribution >= 0.6 is 0 Å². The summed E-state index contributed by atoms with van der Waals surface area (Å²) in [5.74, 6) is -1.45. The SMILES string of the molecule is COC(=O)COC(=O)c1cccnc1C#N. The molecule has 0 saturated carbocycles. The van der Waals surface area contributed by atoms with E-state index < -0.39 is 18.5 Å². The fourth-order valence-corrected chi connectivity index (χ4v) is 0.920. The summed E-state index contributed by atoms with van der Waals surface area (Å²) in [5.41, 5.74) is -0.0220. The molecule has 0 atom stereocenters. The molecule has 0 bridgehead atoms. The second kappa shape index (κ2) is 5.46. The molecule has 0 aliphatic rings. The number of pyridine rings is 1. The second-order valence-electron chi connectivity index (χ2n) is 2.66. The lowest BCUT2D eigenvalue weighted by Gasteiger charge is -2.03. The number of carbonyl (C=O) groups excluding carboxylic acids is 2. The van der Waals surface area contributed by atoms with Crippen LogP contribution < -0.4 is 0 Å². The number of methoxy groups -OCH3 is 1. The minimum absolute atomic E-state index is 0.0221. The Hall–Kier alpha value is -2.42. The summed E-state index contributed by atoms with van der Waals surface area (Å²) < 4.78 is 8.91. The van der Waals surface area contributed by atoms with Crippen LogP contribution in [0.2, 0.25) is 0 Å². The van der Waals surface area contributed by atoms with Crippen LogP contribution in [0.5, 0.6) is 0 Å². The van der Waals surface area contributed by atoms with Gasteiger partial charge in [0.2, 0.25) is 0 Å². The molecule has 0 aromatic carbocycles. The van der Waals surface area contributed by atoms with Crippen molar-refractivity contribution in [3.8, 4) is 6.07 Å². The number of aromatic nitrogens is 1. The molecule has 1 rings (SSSR count). The zero-order valence-corrected chi connectivity index (χ0v) is 8.47. The standard InChI is InChI=1S/C10H8N2O4/c1-15-9(13)6-16-10(14)7-3-2-4-12-8(7)5-11/h2-4H,6H2,1H3. The van der Waals surface area contributed by atoms with Gasteiger partial charge in [-0.05, 0) is 12.1 Å². The molecule has 1 heterocycles. The highest BCUT2D eigenvalue weighted by molar-refractivity contribution is 5.92. The molecule has 6 nitrogen and oxygen atoms in total. The first-order chi connectivity index (χ1) is 7.69. The Labute approximate surface area is 91.4 Å². The normalized spacial score (nSPS) is 9.00. The van der Waals surface area contributed by atoms with E-state index >= 15 is 0 Å². The van der Waals surface area contributed by atoms with Gasteiger partial charge in [0.1, 0.15) is 6.07 Å². The molecule has 0 saturated heterocycles. The van der Waals surface area contributed by atoms with Crippen molar-refractivity contribution in [1.29, 1.82) is 5.26 Å². The third kappa shape index (κ3) is 2.78. The van der Waals surface area contributed by atoms with Gasteiger partial charge in [0.05, 0.1) is 12.7 Å². The van der Waals surface area contributed by atoms with Gasteiger partial charge in [-0.25, -0.2) is 14.6 Å². The molecule has 82 valence electrons. The maximum absolute atomic E-state index is 11.4. The van der Waals surface area contributed by atoms with Crippen molar-refractivity contribution in [1.82, 2.24) is 4.98 Å². The Morgan fingerprint density at radius 2 is 2.31 bits per heavy atom. The predicted octanol–water partition coefficient (Wildman–Crippen LogP) is 0.283. The van der Waals surface area contributed by atoms with Gasteiger partial charge in [0, 0.05) is 6.20 Å². The number of rotatable bonds is 3. The van der Waals surface area contributed by atoms with Crippen molar-refractivity contribution in [3.05, 3.63) is 29.6 Å². The summed E-state index contributed by atoms with van der Waals surface area (Å²) >= 11 is 0. The van der Waals surface area contributed by atoms with Crippen molar-refractivity contribution >= 4 is 11.9 Å². The zero-order valence-electron chi connectivity index (χ0n) is 8.47. The van der Waals surface area contributed by atoms with Gasteiger partial charge in [-0.1, -0.05) is 0 Å². The van der Waals surface area contributed by atoms with Gasteiger partial charge >= 0.3 is 11.9 Å². The second-order valence-corrected chi connectivity index (χ2v) is 2.66. The molecule has 0 N–H and O–H groups in total. The molecule has 1 aromatic rings. The van der Waals surface area contributed by atoms with E-state index in [1.165, 1.54) is 25.4 Å². The molecule has 0 unspecified atom stereocenters. The Balaban J connectivity index is 2.74. The van der Waals surface area contributed by atoms with Crippen molar-refractivity contribution in [2.24, 2.45) is 0 Å². The van der Waals surface area contributed by atoms with Crippen LogP contribution in [-0.4, -0.2) is 30.6 Å². The van der Waals surface area contributed by atoms with Crippen LogP contribution in [0.25, 0.3) is 0 Å². The van der Waals surface area contributed by atoms with E-state index in [2.05, 4.69) is 14.5 Å². The summed E-state index contributed by atoms with van der Waals surface area (Å²) in [6.45, 7) is -0.491. The number of carbonyl (C=O) groups is 2. The van der Waals surface area contributed by atoms with Gasteiger partial charge in [-0.3, -0.25) is 0 Å². The number of hydrogen-bond donors (Lipinski definition) is 0. The molecule has 0 fully saturated rings. The summed E-state index contributed by atoms with van der Waals surface area (Å²) in [6.07, 6.45) is 1.38. The number of nitriles is 1. The largest absolute Gasteiger partial charge is 0.466 e. The zero-order chi connectivity index (χ0) is 12.0. The van der Waals surface area contributed by atoms with E-state index in [1.54, 1.807) is 6.07 Å². The lowest BCUT2D eigenvalue weighted by atomic mass is 10.2. The van der Waals surface area contributed by atoms with Crippen molar-refractivity contribution in [2.75, 3.05) is 13.7 Å². The quantitative estimate of drug-likeness (QED) is 0.680. The number of ether oxygens (including phenoxy) is 2. The molecular weight excluding hydrogens is 212 g/mol. The number of nitrogens with zero attached hydrogens (tertiary/aromatic N) is 2. The number of hydrogen-bond acceptors (Lipinski definition) is 6. The molecule has 0 aliphatic heterocycles. The van der Waals surface area contributed by atoms with Gasteiger partial charge < -0.3 is 9.47 Å². The van der Waals surface area contributed by atoms with Gasteiger partial charge in [-0.2, -0.15) is 5.26 Å². The smallest absolute Gasteiger partial charge is 0.344 e. The Morgan fingerprint density at radius 1 is 1.56 bits per heavy atom. The fraction of sp³-hybridized carbons (Fsp3) is 0.200. The molecule has 0 spiro atoms. The molecule has 1 aromatic heterocycles. The minimum atomic E-state index is -0.782. The Bertz CT molecular complexity index is 450. The summed E-state index contributed by atoms with van der Waals surface area (Å²) in [4.78, 5) is 25.8.